The fraction of sp³-hybridized carbons (Fsp3) is 0.111. The summed E-state index contributed by atoms with van der Waals surface area (Å²) in [5.74, 6) is -0.0395. The van der Waals surface area contributed by atoms with Crippen molar-refractivity contribution < 1.29 is 18.7 Å². The molecule has 0 saturated carbocycles. The lowest BCUT2D eigenvalue weighted by molar-refractivity contribution is -0.112. The van der Waals surface area contributed by atoms with Crippen molar-refractivity contribution in [3.63, 3.8) is 0 Å². The first-order valence-electron chi connectivity index (χ1n) is 7.34. The molecule has 2 aromatic carbocycles. The number of carbonyl (C=O) groups excluding carboxylic acids is 1. The number of anilines is 1. The molecule has 0 aliphatic carbocycles. The zero-order valence-corrected chi connectivity index (χ0v) is 13.6. The van der Waals surface area contributed by atoms with E-state index in [4.69, 9.17) is 21.1 Å². The number of hydrogen-bond acceptors (Lipinski definition) is 4. The van der Waals surface area contributed by atoms with Crippen LogP contribution in [-0.4, -0.2) is 19.1 Å². The number of fused-ring (bicyclic) bond motifs is 1. The summed E-state index contributed by atoms with van der Waals surface area (Å²) in [6.07, 6.45) is 1.43. The van der Waals surface area contributed by atoms with E-state index >= 15 is 0 Å². The maximum absolute atomic E-state index is 13.2. The lowest BCUT2D eigenvalue weighted by Gasteiger charge is -2.18. The fourth-order valence-electron chi connectivity index (χ4n) is 2.24. The molecule has 1 aliphatic rings. The fourth-order valence-corrected chi connectivity index (χ4v) is 2.42. The number of carbonyl (C=O) groups is 1. The van der Waals surface area contributed by atoms with Crippen LogP contribution in [0.2, 0.25) is 5.02 Å². The number of nitrogens with one attached hydrogen (secondary N) is 1. The first kappa shape index (κ1) is 16.8. The average molecular weight is 359 g/mol. The van der Waals surface area contributed by atoms with E-state index in [0.29, 0.717) is 36.0 Å². The van der Waals surface area contributed by atoms with Crippen LogP contribution in [-0.2, 0) is 4.79 Å². The minimum absolute atomic E-state index is 0.114. The van der Waals surface area contributed by atoms with Crippen molar-refractivity contribution in [1.82, 2.24) is 0 Å². The van der Waals surface area contributed by atoms with Gasteiger partial charge in [0.05, 0.1) is 5.02 Å². The summed E-state index contributed by atoms with van der Waals surface area (Å²) >= 11 is 5.68. The molecule has 0 unspecified atom stereocenters. The van der Waals surface area contributed by atoms with Crippen molar-refractivity contribution in [2.24, 2.45) is 0 Å². The van der Waals surface area contributed by atoms with Crippen LogP contribution < -0.4 is 14.8 Å². The van der Waals surface area contributed by atoms with Crippen LogP contribution in [0.15, 0.2) is 42.0 Å². The molecule has 0 atom stereocenters. The van der Waals surface area contributed by atoms with E-state index < -0.39 is 11.7 Å². The van der Waals surface area contributed by atoms with Gasteiger partial charge in [0.2, 0.25) is 0 Å². The van der Waals surface area contributed by atoms with Crippen molar-refractivity contribution in [3.8, 4) is 17.6 Å². The Hall–Kier alpha value is -3.04. The van der Waals surface area contributed by atoms with Crippen LogP contribution in [0, 0.1) is 17.1 Å². The Bertz CT molecular complexity index is 906. The standard InChI is InChI=1S/C18H12ClFN2O3/c19-14-9-13(2-3-15(14)20)22-18(23)12(10-21)7-11-1-4-16-17(8-11)25-6-5-24-16/h1-4,7-9H,5-6H2,(H,22,23)/b12-7+. The lowest BCUT2D eigenvalue weighted by Crippen LogP contribution is -2.15. The van der Waals surface area contributed by atoms with Crippen LogP contribution in [0.5, 0.6) is 11.5 Å². The smallest absolute Gasteiger partial charge is 0.266 e. The van der Waals surface area contributed by atoms with Crippen LogP contribution in [0.25, 0.3) is 6.08 Å². The van der Waals surface area contributed by atoms with Crippen molar-refractivity contribution in [3.05, 3.63) is 58.4 Å². The molecule has 1 aliphatic heterocycles. The summed E-state index contributed by atoms with van der Waals surface area (Å²) < 4.78 is 24.1. The van der Waals surface area contributed by atoms with Crippen LogP contribution >= 0.6 is 11.6 Å². The number of hydrogen-bond donors (Lipinski definition) is 1. The number of rotatable bonds is 3. The predicted octanol–water partition coefficient (Wildman–Crippen LogP) is 3.80. The van der Waals surface area contributed by atoms with E-state index in [0.717, 1.165) is 6.07 Å². The van der Waals surface area contributed by atoms with Crippen molar-refractivity contribution in [1.29, 1.82) is 5.26 Å². The molecule has 1 heterocycles. The van der Waals surface area contributed by atoms with Crippen LogP contribution in [0.4, 0.5) is 10.1 Å². The number of nitrogens with zero attached hydrogens (tertiary/aromatic N) is 1. The molecule has 2 aromatic rings. The Morgan fingerprint density at radius 2 is 1.96 bits per heavy atom. The van der Waals surface area contributed by atoms with Gasteiger partial charge in [-0.3, -0.25) is 4.79 Å². The first-order valence-corrected chi connectivity index (χ1v) is 7.72. The van der Waals surface area contributed by atoms with Gasteiger partial charge in [0.25, 0.3) is 5.91 Å². The van der Waals surface area contributed by atoms with E-state index in [1.165, 1.54) is 18.2 Å². The van der Waals surface area contributed by atoms with Crippen molar-refractivity contribution >= 4 is 29.3 Å². The summed E-state index contributed by atoms with van der Waals surface area (Å²) in [5.41, 5.74) is 0.796. The van der Waals surface area contributed by atoms with Crippen LogP contribution in [0.3, 0.4) is 0 Å². The third kappa shape index (κ3) is 3.90. The van der Waals surface area contributed by atoms with Gasteiger partial charge in [-0.05, 0) is 42.0 Å². The van der Waals surface area contributed by atoms with E-state index in [-0.39, 0.29) is 10.6 Å². The molecule has 0 radical (unpaired) electrons. The van der Waals surface area contributed by atoms with E-state index in [9.17, 15) is 14.4 Å². The minimum atomic E-state index is -0.625. The van der Waals surface area contributed by atoms with Gasteiger partial charge in [-0.25, -0.2) is 4.39 Å². The van der Waals surface area contributed by atoms with Crippen LogP contribution in [0.1, 0.15) is 5.56 Å². The normalized spacial score (nSPS) is 13.1. The van der Waals surface area contributed by atoms with Gasteiger partial charge >= 0.3 is 0 Å². The molecule has 126 valence electrons. The highest BCUT2D eigenvalue weighted by Gasteiger charge is 2.14. The summed E-state index contributed by atoms with van der Waals surface area (Å²) in [6.45, 7) is 0.922. The van der Waals surface area contributed by atoms with Gasteiger partial charge in [0.15, 0.2) is 11.5 Å². The molecule has 3 rings (SSSR count). The maximum atomic E-state index is 13.2. The molecular formula is C18H12ClFN2O3. The highest BCUT2D eigenvalue weighted by atomic mass is 35.5. The first-order chi connectivity index (χ1) is 12.1. The molecule has 1 N–H and O–H groups in total. The molecule has 0 aromatic heterocycles. The minimum Gasteiger partial charge on any atom is -0.486 e. The number of ether oxygens (including phenoxy) is 2. The highest BCUT2D eigenvalue weighted by molar-refractivity contribution is 6.31. The molecule has 0 bridgehead atoms. The Morgan fingerprint density at radius 3 is 2.68 bits per heavy atom. The average Bonchev–Trinajstić information content (AvgIpc) is 2.62. The summed E-state index contributed by atoms with van der Waals surface area (Å²) in [4.78, 5) is 12.2. The molecular weight excluding hydrogens is 347 g/mol. The number of amides is 1. The van der Waals surface area contributed by atoms with Gasteiger partial charge in [0.1, 0.15) is 30.7 Å². The zero-order valence-electron chi connectivity index (χ0n) is 12.9. The second-order valence-corrected chi connectivity index (χ2v) is 5.56. The van der Waals surface area contributed by atoms with Gasteiger partial charge in [0, 0.05) is 5.69 Å². The Morgan fingerprint density at radius 1 is 1.20 bits per heavy atom. The summed E-state index contributed by atoms with van der Waals surface area (Å²) in [5, 5.41) is 11.6. The lowest BCUT2D eigenvalue weighted by atomic mass is 10.1. The Labute approximate surface area is 148 Å². The van der Waals surface area contributed by atoms with E-state index in [2.05, 4.69) is 5.32 Å². The van der Waals surface area contributed by atoms with Crippen molar-refractivity contribution in [2.45, 2.75) is 0 Å². The van der Waals surface area contributed by atoms with Gasteiger partial charge in [-0.1, -0.05) is 17.7 Å². The quantitative estimate of drug-likeness (QED) is 0.669. The van der Waals surface area contributed by atoms with E-state index in [1.54, 1.807) is 18.2 Å². The molecule has 0 fully saturated rings. The van der Waals surface area contributed by atoms with Gasteiger partial charge in [-0.15, -0.1) is 0 Å². The molecule has 7 heteroatoms. The number of halogens is 2. The SMILES string of the molecule is N#C/C(=C\c1ccc2c(c1)OCCO2)C(=O)Nc1ccc(F)c(Cl)c1. The monoisotopic (exact) mass is 358 g/mol. The van der Waals surface area contributed by atoms with Crippen molar-refractivity contribution in [2.75, 3.05) is 18.5 Å². The third-order valence-electron chi connectivity index (χ3n) is 3.42. The van der Waals surface area contributed by atoms with Gasteiger partial charge in [-0.2, -0.15) is 5.26 Å². The molecule has 0 spiro atoms. The number of benzene rings is 2. The van der Waals surface area contributed by atoms with Gasteiger partial charge < -0.3 is 14.8 Å². The molecule has 25 heavy (non-hydrogen) atoms. The zero-order chi connectivity index (χ0) is 17.8. The Kier molecular flexibility index (Phi) is 4.87. The van der Waals surface area contributed by atoms with E-state index in [1.807, 2.05) is 6.07 Å². The third-order valence-corrected chi connectivity index (χ3v) is 3.71. The topological polar surface area (TPSA) is 71.3 Å². The molecule has 0 saturated heterocycles. The number of nitriles is 1. The Balaban J connectivity index is 1.81. The summed E-state index contributed by atoms with van der Waals surface area (Å²) in [6, 6.07) is 10.7. The molecule has 1 amide bonds. The second-order valence-electron chi connectivity index (χ2n) is 5.16. The molecule has 5 nitrogen and oxygen atoms in total. The second kappa shape index (κ2) is 7.24. The predicted molar refractivity (Wildman–Crippen MR) is 91.1 cm³/mol. The summed E-state index contributed by atoms with van der Waals surface area (Å²) in [7, 11) is 0. The highest BCUT2D eigenvalue weighted by Crippen LogP contribution is 2.31. The largest absolute Gasteiger partial charge is 0.486 e. The maximum Gasteiger partial charge on any atom is 0.266 e.